The van der Waals surface area contributed by atoms with E-state index in [1.807, 2.05) is 13.8 Å². The quantitative estimate of drug-likeness (QED) is 0.596. The zero-order chi connectivity index (χ0) is 19.4. The standard InChI is InChI=1S/C16H12F3NO5S/c1-8(2)9-6-7-12-13-10(9)4-3-5-11(13)14(21)20(15(12)22)25-26(23,24)16(17,18)19/h3-8H,1-2H3. The Labute approximate surface area is 146 Å². The summed E-state index contributed by atoms with van der Waals surface area (Å²) in [5.41, 5.74) is -5.17. The molecule has 0 radical (unpaired) electrons. The fraction of sp³-hybridized carbons (Fsp3) is 0.250. The van der Waals surface area contributed by atoms with Gasteiger partial charge in [-0.05, 0) is 29.0 Å². The molecular formula is C16H12F3NO5S. The van der Waals surface area contributed by atoms with Crippen molar-refractivity contribution in [2.24, 2.45) is 0 Å². The third-order valence-corrected chi connectivity index (χ3v) is 4.89. The number of rotatable bonds is 3. The van der Waals surface area contributed by atoms with Crippen LogP contribution in [0, 0.1) is 0 Å². The highest BCUT2D eigenvalue weighted by molar-refractivity contribution is 7.87. The van der Waals surface area contributed by atoms with Crippen LogP contribution in [0.25, 0.3) is 10.8 Å². The minimum absolute atomic E-state index is 0.0596. The number of hydroxylamine groups is 2. The molecule has 0 saturated heterocycles. The van der Waals surface area contributed by atoms with Crippen molar-refractivity contribution in [2.45, 2.75) is 25.3 Å². The van der Waals surface area contributed by atoms with E-state index in [0.29, 0.717) is 5.39 Å². The molecule has 0 fully saturated rings. The van der Waals surface area contributed by atoms with Crippen molar-refractivity contribution in [3.8, 4) is 0 Å². The van der Waals surface area contributed by atoms with E-state index in [9.17, 15) is 31.2 Å². The fourth-order valence-corrected chi connectivity index (χ4v) is 3.22. The SMILES string of the molecule is CC(C)c1ccc2c3c(cccc13)C(=O)N(OS(=O)(=O)C(F)(F)F)C2=O. The maximum atomic E-state index is 12.5. The van der Waals surface area contributed by atoms with Crippen LogP contribution < -0.4 is 0 Å². The molecule has 26 heavy (non-hydrogen) atoms. The van der Waals surface area contributed by atoms with Gasteiger partial charge < -0.3 is 0 Å². The van der Waals surface area contributed by atoms with Crippen LogP contribution >= 0.6 is 0 Å². The van der Waals surface area contributed by atoms with Crippen LogP contribution in [0.15, 0.2) is 30.3 Å². The van der Waals surface area contributed by atoms with E-state index in [1.54, 1.807) is 12.1 Å². The summed E-state index contributed by atoms with van der Waals surface area (Å²) in [7, 11) is -6.17. The third-order valence-electron chi connectivity index (χ3n) is 3.98. The summed E-state index contributed by atoms with van der Waals surface area (Å²) >= 11 is 0. The summed E-state index contributed by atoms with van der Waals surface area (Å²) in [6.07, 6.45) is 0. The van der Waals surface area contributed by atoms with Crippen molar-refractivity contribution >= 4 is 32.7 Å². The monoisotopic (exact) mass is 387 g/mol. The Bertz CT molecular complexity index is 1020. The Morgan fingerprint density at radius 3 is 2.12 bits per heavy atom. The number of carbonyl (C=O) groups is 2. The van der Waals surface area contributed by atoms with Gasteiger partial charge in [0.05, 0.1) is 11.1 Å². The summed E-state index contributed by atoms with van der Waals surface area (Å²) in [6, 6.07) is 7.42. The Hall–Kier alpha value is -2.46. The minimum atomic E-state index is -6.17. The van der Waals surface area contributed by atoms with Gasteiger partial charge in [0.1, 0.15) is 0 Å². The molecule has 1 aliphatic rings. The van der Waals surface area contributed by atoms with Crippen LogP contribution in [-0.2, 0) is 14.4 Å². The lowest BCUT2D eigenvalue weighted by molar-refractivity contribution is -0.0761. The Morgan fingerprint density at radius 2 is 1.58 bits per heavy atom. The van der Waals surface area contributed by atoms with Gasteiger partial charge in [-0.25, -0.2) is 0 Å². The summed E-state index contributed by atoms with van der Waals surface area (Å²) in [4.78, 5) is 24.9. The lowest BCUT2D eigenvalue weighted by Crippen LogP contribution is -2.44. The average molecular weight is 387 g/mol. The number of nitrogens with zero attached hydrogens (tertiary/aromatic N) is 1. The first-order valence-corrected chi connectivity index (χ1v) is 8.82. The lowest BCUT2D eigenvalue weighted by Gasteiger charge is -2.26. The maximum absolute atomic E-state index is 12.5. The largest absolute Gasteiger partial charge is 0.525 e. The normalized spacial score (nSPS) is 15.2. The number of hydrogen-bond donors (Lipinski definition) is 0. The van der Waals surface area contributed by atoms with Crippen LogP contribution in [0.4, 0.5) is 13.2 Å². The second-order valence-corrected chi connectivity index (χ2v) is 7.48. The molecule has 0 N–H and O–H groups in total. The maximum Gasteiger partial charge on any atom is 0.525 e. The molecule has 0 atom stereocenters. The summed E-state index contributed by atoms with van der Waals surface area (Å²) in [5, 5.41) is 0.489. The molecule has 0 bridgehead atoms. The first-order chi connectivity index (χ1) is 12.0. The van der Waals surface area contributed by atoms with Crippen molar-refractivity contribution in [3.63, 3.8) is 0 Å². The first kappa shape index (κ1) is 18.3. The molecule has 1 aliphatic heterocycles. The predicted molar refractivity (Wildman–Crippen MR) is 84.6 cm³/mol. The van der Waals surface area contributed by atoms with Crippen LogP contribution in [0.1, 0.15) is 46.0 Å². The molecule has 138 valence electrons. The molecule has 10 heteroatoms. The van der Waals surface area contributed by atoms with Crippen LogP contribution in [0.3, 0.4) is 0 Å². The Balaban J connectivity index is 2.19. The molecule has 0 unspecified atom stereocenters. The van der Waals surface area contributed by atoms with Crippen molar-refractivity contribution in [1.29, 1.82) is 0 Å². The first-order valence-electron chi connectivity index (χ1n) is 7.41. The highest BCUT2D eigenvalue weighted by Crippen LogP contribution is 2.36. The zero-order valence-electron chi connectivity index (χ0n) is 13.5. The summed E-state index contributed by atoms with van der Waals surface area (Å²) < 4.78 is 63.9. The van der Waals surface area contributed by atoms with Gasteiger partial charge in [0.2, 0.25) is 0 Å². The highest BCUT2D eigenvalue weighted by atomic mass is 32.2. The molecule has 3 rings (SSSR count). The average Bonchev–Trinajstić information content (AvgIpc) is 2.54. The molecular weight excluding hydrogens is 375 g/mol. The van der Waals surface area contributed by atoms with Crippen molar-refractivity contribution in [1.82, 2.24) is 5.06 Å². The number of hydrogen-bond acceptors (Lipinski definition) is 5. The van der Waals surface area contributed by atoms with E-state index in [1.165, 1.54) is 18.2 Å². The van der Waals surface area contributed by atoms with E-state index in [2.05, 4.69) is 4.28 Å². The van der Waals surface area contributed by atoms with Gasteiger partial charge in [0.25, 0.3) is 11.8 Å². The Morgan fingerprint density at radius 1 is 1.00 bits per heavy atom. The Kier molecular flexibility index (Phi) is 4.08. The van der Waals surface area contributed by atoms with Gasteiger partial charge in [0.15, 0.2) is 0 Å². The van der Waals surface area contributed by atoms with Crippen LogP contribution in [-0.4, -0.2) is 30.8 Å². The molecule has 6 nitrogen and oxygen atoms in total. The van der Waals surface area contributed by atoms with E-state index >= 15 is 0 Å². The van der Waals surface area contributed by atoms with Crippen LogP contribution in [0.2, 0.25) is 0 Å². The number of imide groups is 1. The van der Waals surface area contributed by atoms with Crippen LogP contribution in [0.5, 0.6) is 0 Å². The molecule has 2 aromatic rings. The highest BCUT2D eigenvalue weighted by Gasteiger charge is 2.51. The van der Waals surface area contributed by atoms with Gasteiger partial charge >= 0.3 is 15.6 Å². The fourth-order valence-electron chi connectivity index (χ4n) is 2.81. The van der Waals surface area contributed by atoms with E-state index < -0.39 is 27.4 Å². The minimum Gasteiger partial charge on any atom is -0.266 e. The summed E-state index contributed by atoms with van der Waals surface area (Å²) in [6.45, 7) is 3.81. The molecule has 2 amide bonds. The van der Waals surface area contributed by atoms with Crippen molar-refractivity contribution < 1.29 is 35.5 Å². The zero-order valence-corrected chi connectivity index (χ0v) is 14.3. The molecule has 0 spiro atoms. The predicted octanol–water partition coefficient (Wildman–Crippen LogP) is 3.34. The van der Waals surface area contributed by atoms with Gasteiger partial charge in [-0.2, -0.15) is 21.6 Å². The van der Waals surface area contributed by atoms with E-state index in [-0.39, 0.29) is 27.5 Å². The van der Waals surface area contributed by atoms with Crippen molar-refractivity contribution in [3.05, 3.63) is 47.0 Å². The van der Waals surface area contributed by atoms with Gasteiger partial charge in [-0.15, -0.1) is 9.35 Å². The molecule has 2 aromatic carbocycles. The smallest absolute Gasteiger partial charge is 0.266 e. The second kappa shape index (κ2) is 5.78. The van der Waals surface area contributed by atoms with Gasteiger partial charge in [-0.1, -0.05) is 32.0 Å². The van der Waals surface area contributed by atoms with Crippen molar-refractivity contribution in [2.75, 3.05) is 0 Å². The summed E-state index contributed by atoms with van der Waals surface area (Å²) in [5.74, 6) is -2.49. The van der Waals surface area contributed by atoms with Gasteiger partial charge in [0, 0.05) is 5.39 Å². The topological polar surface area (TPSA) is 80.8 Å². The molecule has 1 heterocycles. The number of carbonyl (C=O) groups excluding carboxylic acids is 2. The molecule has 0 aliphatic carbocycles. The molecule has 0 aromatic heterocycles. The van der Waals surface area contributed by atoms with E-state index in [4.69, 9.17) is 0 Å². The van der Waals surface area contributed by atoms with Gasteiger partial charge in [-0.3, -0.25) is 9.59 Å². The van der Waals surface area contributed by atoms with E-state index in [0.717, 1.165) is 5.56 Å². The number of alkyl halides is 3. The number of amides is 2. The molecule has 0 saturated carbocycles. The second-order valence-electron chi connectivity index (χ2n) is 5.96. The lowest BCUT2D eigenvalue weighted by atomic mass is 9.88. The number of benzene rings is 2. The third kappa shape index (κ3) is 2.65. The number of halogens is 3.